The molecular formula is C59H46N3O2Pt-. The molecule has 5 nitrogen and oxygen atoms in total. The zero-order chi connectivity index (χ0) is 43.7. The van der Waals surface area contributed by atoms with E-state index in [9.17, 15) is 5.11 Å². The molecule has 0 amide bonds. The molecule has 3 aromatic heterocycles. The third-order valence-corrected chi connectivity index (χ3v) is 12.9. The van der Waals surface area contributed by atoms with E-state index in [-0.39, 0.29) is 37.6 Å². The maximum Gasteiger partial charge on any atom is 0.148 e. The second kappa shape index (κ2) is 16.2. The zero-order valence-corrected chi connectivity index (χ0v) is 39.1. The van der Waals surface area contributed by atoms with Gasteiger partial charge in [0, 0.05) is 60.1 Å². The number of benzene rings is 8. The fourth-order valence-corrected chi connectivity index (χ4v) is 9.23. The van der Waals surface area contributed by atoms with E-state index in [0.29, 0.717) is 11.4 Å². The van der Waals surface area contributed by atoms with Crippen molar-refractivity contribution in [3.63, 3.8) is 0 Å². The summed E-state index contributed by atoms with van der Waals surface area (Å²) >= 11 is 0. The molecule has 0 spiro atoms. The molecule has 0 fully saturated rings. The number of hydrogen-bond acceptors (Lipinski definition) is 4. The van der Waals surface area contributed by atoms with Crippen molar-refractivity contribution < 1.29 is 30.6 Å². The number of rotatable bonds is 7. The summed E-state index contributed by atoms with van der Waals surface area (Å²) in [5, 5.41) is 15.7. The van der Waals surface area contributed by atoms with Gasteiger partial charge in [-0.15, -0.1) is 29.3 Å². The van der Waals surface area contributed by atoms with Crippen LogP contribution in [0.1, 0.15) is 51.3 Å². The number of para-hydroxylation sites is 2. The predicted molar refractivity (Wildman–Crippen MR) is 263 cm³/mol. The quantitative estimate of drug-likeness (QED) is 0.162. The van der Waals surface area contributed by atoms with Crippen LogP contribution in [0.15, 0.2) is 187 Å². The van der Waals surface area contributed by atoms with Crippen molar-refractivity contribution in [1.82, 2.24) is 14.5 Å². The number of pyridine rings is 1. The van der Waals surface area contributed by atoms with Gasteiger partial charge in [0.2, 0.25) is 0 Å². The Morgan fingerprint density at radius 2 is 1.28 bits per heavy atom. The molecule has 11 rings (SSSR count). The summed E-state index contributed by atoms with van der Waals surface area (Å²) in [7, 11) is 0. The van der Waals surface area contributed by atoms with Crippen molar-refractivity contribution in [2.75, 3.05) is 0 Å². The number of hydrogen-bond donors (Lipinski definition) is 1. The maximum atomic E-state index is 11.5. The molecule has 3 heterocycles. The van der Waals surface area contributed by atoms with Crippen molar-refractivity contribution in [2.45, 2.75) is 45.4 Å². The van der Waals surface area contributed by atoms with Crippen molar-refractivity contribution in [3.05, 3.63) is 205 Å². The molecule has 0 atom stereocenters. The van der Waals surface area contributed by atoms with E-state index < -0.39 is 0 Å². The molecule has 0 aliphatic heterocycles. The Labute approximate surface area is 393 Å². The summed E-state index contributed by atoms with van der Waals surface area (Å²) in [5.41, 5.74) is 13.6. The van der Waals surface area contributed by atoms with Gasteiger partial charge in [-0.3, -0.25) is 9.55 Å². The zero-order valence-electron chi connectivity index (χ0n) is 36.8. The van der Waals surface area contributed by atoms with Crippen LogP contribution < -0.4 is 0 Å². The van der Waals surface area contributed by atoms with Gasteiger partial charge in [-0.2, -0.15) is 0 Å². The largest absolute Gasteiger partial charge is 0.507 e. The van der Waals surface area contributed by atoms with Gasteiger partial charge >= 0.3 is 0 Å². The minimum Gasteiger partial charge on any atom is -0.507 e. The molecule has 0 unspecified atom stereocenters. The molecule has 11 aromatic rings. The first kappa shape index (κ1) is 41.9. The van der Waals surface area contributed by atoms with E-state index in [1.807, 2.05) is 30.5 Å². The number of furan rings is 1. The van der Waals surface area contributed by atoms with Gasteiger partial charge in [-0.25, -0.2) is 4.98 Å². The normalized spacial score (nSPS) is 12.0. The molecule has 0 radical (unpaired) electrons. The number of nitrogens with zero attached hydrogens (tertiary/aromatic N) is 3. The van der Waals surface area contributed by atoms with Crippen LogP contribution in [0.4, 0.5) is 0 Å². The Bertz CT molecular complexity index is 3580. The SMILES string of the molecule is CC(C)(C)c1ccc(-n2c(-c3ccccc3O)nc3c(-c4[c-]c(-c5cc6oc7c8ccccc8ccc7c6cn5)cc(C(C)(C)c5ccccc5)c4)cccc32)c(-c2ccccc2)c1.[Pt]. The number of imidazole rings is 1. The third-order valence-electron chi connectivity index (χ3n) is 12.9. The predicted octanol–water partition coefficient (Wildman–Crippen LogP) is 15.3. The van der Waals surface area contributed by atoms with Crippen molar-refractivity contribution in [3.8, 4) is 56.3 Å². The van der Waals surface area contributed by atoms with Crippen LogP contribution in [0.25, 0.3) is 94.3 Å². The first-order valence-corrected chi connectivity index (χ1v) is 21.9. The number of aromatic nitrogens is 3. The number of phenols is 1. The van der Waals surface area contributed by atoms with Gasteiger partial charge in [0.05, 0.1) is 22.3 Å². The van der Waals surface area contributed by atoms with Crippen molar-refractivity contribution in [2.24, 2.45) is 0 Å². The number of phenolic OH excluding ortho intramolecular Hbond substituents is 1. The van der Waals surface area contributed by atoms with Gasteiger partial charge in [-0.1, -0.05) is 167 Å². The maximum absolute atomic E-state index is 11.5. The second-order valence-electron chi connectivity index (χ2n) is 18.3. The van der Waals surface area contributed by atoms with E-state index >= 15 is 0 Å². The van der Waals surface area contributed by atoms with Crippen LogP contribution in [-0.4, -0.2) is 19.6 Å². The Balaban J connectivity index is 0.00000498. The molecule has 0 bridgehead atoms. The minimum atomic E-state index is -0.379. The van der Waals surface area contributed by atoms with E-state index in [4.69, 9.17) is 14.4 Å². The summed E-state index contributed by atoms with van der Waals surface area (Å²) in [6, 6.07) is 64.7. The summed E-state index contributed by atoms with van der Waals surface area (Å²) in [4.78, 5) is 10.6. The van der Waals surface area contributed by atoms with Crippen molar-refractivity contribution in [1.29, 1.82) is 0 Å². The Kier molecular flexibility index (Phi) is 10.4. The summed E-state index contributed by atoms with van der Waals surface area (Å²) < 4.78 is 8.87. The average molecular weight is 1020 g/mol. The minimum absolute atomic E-state index is 0. The Morgan fingerprint density at radius 1 is 0.569 bits per heavy atom. The molecule has 8 aromatic carbocycles. The fourth-order valence-electron chi connectivity index (χ4n) is 9.23. The topological polar surface area (TPSA) is 64.1 Å². The molecule has 320 valence electrons. The van der Waals surface area contributed by atoms with Crippen LogP contribution in [0.5, 0.6) is 5.75 Å². The molecule has 65 heavy (non-hydrogen) atoms. The molecule has 6 heteroatoms. The first-order chi connectivity index (χ1) is 31.0. The molecule has 0 saturated heterocycles. The molecular weight excluding hydrogens is 978 g/mol. The van der Waals surface area contributed by atoms with Crippen molar-refractivity contribution >= 4 is 43.7 Å². The fraction of sp³-hybridized carbons (Fsp3) is 0.119. The van der Waals surface area contributed by atoms with Gasteiger partial charge in [0.1, 0.15) is 22.7 Å². The third kappa shape index (κ3) is 7.25. The number of aromatic hydroxyl groups is 1. The number of fused-ring (bicyclic) bond motifs is 6. The first-order valence-electron chi connectivity index (χ1n) is 21.9. The van der Waals surface area contributed by atoms with Crippen LogP contribution in [0, 0.1) is 6.07 Å². The average Bonchev–Trinajstić information content (AvgIpc) is 3.90. The van der Waals surface area contributed by atoms with Gasteiger partial charge in [0.15, 0.2) is 0 Å². The van der Waals surface area contributed by atoms with E-state index in [0.717, 1.165) is 88.5 Å². The van der Waals surface area contributed by atoms with Gasteiger partial charge in [0.25, 0.3) is 0 Å². The summed E-state index contributed by atoms with van der Waals surface area (Å²) in [6.45, 7) is 11.3. The Morgan fingerprint density at radius 3 is 2.06 bits per heavy atom. The van der Waals surface area contributed by atoms with Crippen LogP contribution in [0.2, 0.25) is 0 Å². The summed E-state index contributed by atoms with van der Waals surface area (Å²) in [6.07, 6.45) is 1.93. The Hall–Kier alpha value is -7.07. The second-order valence-corrected chi connectivity index (χ2v) is 18.3. The van der Waals surface area contributed by atoms with Crippen LogP contribution >= 0.6 is 0 Å². The standard InChI is InChI=1S/C59H46N3O2.Pt/c1-58(2,3)42-28-30-51(48(34-42)37-17-8-6-9-18-37)62-52-25-16-24-44(55(52)61-57(62)47-23-14-15-26-53(47)63)39-31-40(33-43(32-39)59(4,5)41-20-10-7-11-21-41)50-35-54-49(36-60-50)46-29-27-38-19-12-13-22-45(38)56(46)64-54;/h6-30,32-36,63H,1-5H3;/q-1;. The monoisotopic (exact) mass is 1020 g/mol. The van der Waals surface area contributed by atoms with Gasteiger partial charge < -0.3 is 9.52 Å². The van der Waals surface area contributed by atoms with E-state index in [2.05, 4.69) is 191 Å². The smallest absolute Gasteiger partial charge is 0.148 e. The van der Waals surface area contributed by atoms with E-state index in [1.165, 1.54) is 11.1 Å². The van der Waals surface area contributed by atoms with Crippen LogP contribution in [-0.2, 0) is 31.9 Å². The van der Waals surface area contributed by atoms with Gasteiger partial charge in [-0.05, 0) is 70.0 Å². The molecule has 0 aliphatic carbocycles. The van der Waals surface area contributed by atoms with Crippen LogP contribution in [0.3, 0.4) is 0 Å². The summed E-state index contributed by atoms with van der Waals surface area (Å²) in [5.74, 6) is 0.806. The molecule has 1 N–H and O–H groups in total. The van der Waals surface area contributed by atoms with E-state index in [1.54, 1.807) is 6.07 Å². The molecule has 0 saturated carbocycles. The molecule has 0 aliphatic rings.